The molecule has 0 radical (unpaired) electrons. The standard InChI is InChI=1S/C23H32N2O3/c1-20-8-5-16(26)13-15(20)3-4-18-17(20)6-9-21(2)22(18,27)10-11-23(21,28)19-7-12-24-14-25-19/h3,7,12,14,16-18,26-28H,4-6,8-11,13H2,1-2H3/t16-,17-,18+,20-,21-,22-,23-/m0/s1. The lowest BCUT2D eigenvalue weighted by atomic mass is 9.45. The first-order valence-electron chi connectivity index (χ1n) is 10.8. The number of nitrogens with zero attached hydrogens (tertiary/aromatic N) is 2. The summed E-state index contributed by atoms with van der Waals surface area (Å²) in [6.45, 7) is 4.42. The van der Waals surface area contributed by atoms with Crippen LogP contribution in [-0.4, -0.2) is 37.0 Å². The molecule has 5 nitrogen and oxygen atoms in total. The van der Waals surface area contributed by atoms with Crippen molar-refractivity contribution in [3.8, 4) is 0 Å². The van der Waals surface area contributed by atoms with Crippen LogP contribution in [-0.2, 0) is 5.60 Å². The number of aliphatic hydroxyl groups excluding tert-OH is 1. The number of rotatable bonds is 1. The molecule has 0 unspecified atom stereocenters. The Morgan fingerprint density at radius 3 is 2.61 bits per heavy atom. The van der Waals surface area contributed by atoms with Crippen LogP contribution in [0.4, 0.5) is 0 Å². The van der Waals surface area contributed by atoms with E-state index in [-0.39, 0.29) is 17.4 Å². The zero-order valence-electron chi connectivity index (χ0n) is 16.9. The van der Waals surface area contributed by atoms with Crippen molar-refractivity contribution in [2.45, 2.75) is 82.5 Å². The predicted octanol–water partition coefficient (Wildman–Crippen LogP) is 3.10. The van der Waals surface area contributed by atoms with Crippen molar-refractivity contribution in [2.24, 2.45) is 22.7 Å². The molecule has 0 bridgehead atoms. The van der Waals surface area contributed by atoms with Gasteiger partial charge in [0.2, 0.25) is 0 Å². The Hall–Kier alpha value is -1.30. The first-order valence-corrected chi connectivity index (χ1v) is 10.8. The molecule has 28 heavy (non-hydrogen) atoms. The van der Waals surface area contributed by atoms with Gasteiger partial charge in [0.15, 0.2) is 0 Å². The number of aromatic nitrogens is 2. The molecular formula is C23H32N2O3. The number of fused-ring (bicyclic) bond motifs is 5. The van der Waals surface area contributed by atoms with Gasteiger partial charge in [-0.15, -0.1) is 0 Å². The monoisotopic (exact) mass is 384 g/mol. The molecule has 5 rings (SSSR count). The molecule has 0 aromatic carbocycles. The van der Waals surface area contributed by atoms with E-state index in [9.17, 15) is 15.3 Å². The first kappa shape index (κ1) is 18.7. The average molecular weight is 385 g/mol. The maximum absolute atomic E-state index is 12.1. The summed E-state index contributed by atoms with van der Waals surface area (Å²) in [5.74, 6) is 0.553. The van der Waals surface area contributed by atoms with Gasteiger partial charge >= 0.3 is 0 Å². The lowest BCUT2D eigenvalue weighted by Gasteiger charge is -2.62. The number of allylic oxidation sites excluding steroid dienone is 1. The van der Waals surface area contributed by atoms with E-state index in [2.05, 4.69) is 29.9 Å². The Labute approximate surface area is 166 Å². The molecule has 3 saturated carbocycles. The second-order valence-corrected chi connectivity index (χ2v) is 10.2. The zero-order valence-corrected chi connectivity index (χ0v) is 16.9. The van der Waals surface area contributed by atoms with Crippen LogP contribution >= 0.6 is 0 Å². The van der Waals surface area contributed by atoms with Crippen LogP contribution < -0.4 is 0 Å². The van der Waals surface area contributed by atoms with Gasteiger partial charge in [0.25, 0.3) is 0 Å². The minimum Gasteiger partial charge on any atom is -0.393 e. The second-order valence-electron chi connectivity index (χ2n) is 10.2. The van der Waals surface area contributed by atoms with Crippen LogP contribution in [0.25, 0.3) is 0 Å². The smallest absolute Gasteiger partial charge is 0.115 e. The van der Waals surface area contributed by atoms with Crippen molar-refractivity contribution in [1.29, 1.82) is 0 Å². The van der Waals surface area contributed by atoms with E-state index in [1.54, 1.807) is 12.3 Å². The van der Waals surface area contributed by atoms with Gasteiger partial charge in [-0.25, -0.2) is 9.97 Å². The van der Waals surface area contributed by atoms with E-state index in [0.717, 1.165) is 38.5 Å². The highest BCUT2D eigenvalue weighted by molar-refractivity contribution is 5.32. The molecule has 152 valence electrons. The van der Waals surface area contributed by atoms with Gasteiger partial charge < -0.3 is 15.3 Å². The van der Waals surface area contributed by atoms with Crippen molar-refractivity contribution in [2.75, 3.05) is 0 Å². The summed E-state index contributed by atoms with van der Waals surface area (Å²) in [5, 5.41) is 34.1. The molecule has 5 heteroatoms. The van der Waals surface area contributed by atoms with E-state index in [4.69, 9.17) is 0 Å². The van der Waals surface area contributed by atoms with Gasteiger partial charge in [0.1, 0.15) is 11.9 Å². The summed E-state index contributed by atoms with van der Waals surface area (Å²) in [7, 11) is 0. The van der Waals surface area contributed by atoms with Crippen LogP contribution in [0.15, 0.2) is 30.2 Å². The molecule has 3 fully saturated rings. The topological polar surface area (TPSA) is 86.5 Å². The Morgan fingerprint density at radius 2 is 1.86 bits per heavy atom. The fourth-order valence-electron chi connectivity index (χ4n) is 7.57. The summed E-state index contributed by atoms with van der Waals surface area (Å²) < 4.78 is 0. The molecule has 1 aromatic rings. The molecule has 1 heterocycles. The van der Waals surface area contributed by atoms with Crippen LogP contribution in [0.5, 0.6) is 0 Å². The van der Waals surface area contributed by atoms with Crippen LogP contribution in [0.3, 0.4) is 0 Å². The predicted molar refractivity (Wildman–Crippen MR) is 105 cm³/mol. The minimum absolute atomic E-state index is 0.0643. The van der Waals surface area contributed by atoms with Gasteiger partial charge in [-0.05, 0) is 74.7 Å². The van der Waals surface area contributed by atoms with Gasteiger partial charge in [0.05, 0.1) is 17.4 Å². The van der Waals surface area contributed by atoms with E-state index in [0.29, 0.717) is 24.5 Å². The fraction of sp³-hybridized carbons (Fsp3) is 0.739. The number of hydrogen-bond donors (Lipinski definition) is 3. The molecule has 0 aliphatic heterocycles. The highest BCUT2D eigenvalue weighted by atomic mass is 16.3. The molecule has 3 N–H and O–H groups in total. The summed E-state index contributed by atoms with van der Waals surface area (Å²) in [4.78, 5) is 8.38. The fourth-order valence-corrected chi connectivity index (χ4v) is 7.57. The summed E-state index contributed by atoms with van der Waals surface area (Å²) >= 11 is 0. The van der Waals surface area contributed by atoms with E-state index >= 15 is 0 Å². The van der Waals surface area contributed by atoms with Crippen molar-refractivity contribution < 1.29 is 15.3 Å². The highest BCUT2D eigenvalue weighted by Crippen LogP contribution is 2.70. The van der Waals surface area contributed by atoms with Crippen LogP contribution in [0, 0.1) is 22.7 Å². The molecule has 0 saturated heterocycles. The number of aliphatic hydroxyl groups is 3. The van der Waals surface area contributed by atoms with Crippen molar-refractivity contribution >= 4 is 0 Å². The maximum atomic E-state index is 12.1. The molecule has 7 atom stereocenters. The third kappa shape index (κ3) is 2.13. The summed E-state index contributed by atoms with van der Waals surface area (Å²) in [6, 6.07) is 1.80. The zero-order chi connectivity index (χ0) is 19.8. The second kappa shape index (κ2) is 5.87. The molecule has 1 aromatic heterocycles. The SMILES string of the molecule is C[C@]12CC[C@H]3[C@@H](CC=C4C[C@@H](O)CC[C@@]43C)[C@@]1(O)CC[C@]2(O)c1ccncn1. The Morgan fingerprint density at radius 1 is 1.04 bits per heavy atom. The quantitative estimate of drug-likeness (QED) is 0.648. The van der Waals surface area contributed by atoms with E-state index < -0.39 is 16.6 Å². The van der Waals surface area contributed by atoms with Gasteiger partial charge in [0, 0.05) is 11.6 Å². The molecule has 0 amide bonds. The minimum atomic E-state index is -1.12. The molecule has 4 aliphatic carbocycles. The van der Waals surface area contributed by atoms with Gasteiger partial charge in [-0.2, -0.15) is 0 Å². The normalized spacial score (nSPS) is 50.3. The van der Waals surface area contributed by atoms with E-state index in [1.165, 1.54) is 11.9 Å². The summed E-state index contributed by atoms with van der Waals surface area (Å²) in [6.07, 6.45) is 11.6. The lowest BCUT2D eigenvalue weighted by Crippen LogP contribution is -2.63. The first-order chi connectivity index (χ1) is 13.2. The van der Waals surface area contributed by atoms with Crippen molar-refractivity contribution in [3.05, 3.63) is 35.9 Å². The lowest BCUT2D eigenvalue weighted by molar-refractivity contribution is -0.219. The molecule has 0 spiro atoms. The summed E-state index contributed by atoms with van der Waals surface area (Å²) in [5.41, 5.74) is -0.553. The molecule has 4 aliphatic rings. The Kier molecular flexibility index (Phi) is 3.92. The van der Waals surface area contributed by atoms with Crippen molar-refractivity contribution in [1.82, 2.24) is 9.97 Å². The molecular weight excluding hydrogens is 352 g/mol. The van der Waals surface area contributed by atoms with Crippen molar-refractivity contribution in [3.63, 3.8) is 0 Å². The van der Waals surface area contributed by atoms with Crippen LogP contribution in [0.2, 0.25) is 0 Å². The maximum Gasteiger partial charge on any atom is 0.115 e. The Balaban J connectivity index is 1.56. The highest BCUT2D eigenvalue weighted by Gasteiger charge is 2.71. The third-order valence-corrected chi connectivity index (χ3v) is 9.42. The average Bonchev–Trinajstić information content (AvgIpc) is 2.91. The van der Waals surface area contributed by atoms with Crippen LogP contribution in [0.1, 0.15) is 70.9 Å². The van der Waals surface area contributed by atoms with Gasteiger partial charge in [-0.1, -0.05) is 25.5 Å². The van der Waals surface area contributed by atoms with Gasteiger partial charge in [-0.3, -0.25) is 0 Å². The third-order valence-electron chi connectivity index (χ3n) is 9.42. The van der Waals surface area contributed by atoms with E-state index in [1.807, 2.05) is 0 Å². The largest absolute Gasteiger partial charge is 0.393 e. The Bertz CT molecular complexity index is 813. The number of hydrogen-bond acceptors (Lipinski definition) is 5.